The smallest absolute Gasteiger partial charge is 0.254 e. The predicted molar refractivity (Wildman–Crippen MR) is 133 cm³/mol. The second-order valence-corrected chi connectivity index (χ2v) is 9.55. The first-order chi connectivity index (χ1) is 16.1. The van der Waals surface area contributed by atoms with Gasteiger partial charge in [-0.15, -0.1) is 0 Å². The van der Waals surface area contributed by atoms with E-state index < -0.39 is 0 Å². The van der Waals surface area contributed by atoms with Gasteiger partial charge in [0, 0.05) is 47.8 Å². The van der Waals surface area contributed by atoms with Crippen molar-refractivity contribution in [3.63, 3.8) is 0 Å². The molecule has 2 aliphatic rings. The third-order valence-electron chi connectivity index (χ3n) is 7.38. The third kappa shape index (κ3) is 3.46. The summed E-state index contributed by atoms with van der Waals surface area (Å²) in [5, 5.41) is 5.20. The third-order valence-corrected chi connectivity index (χ3v) is 7.38. The van der Waals surface area contributed by atoms with Crippen molar-refractivity contribution < 1.29 is 4.79 Å². The first-order valence-electron chi connectivity index (χ1n) is 11.9. The Balaban J connectivity index is 1.34. The van der Waals surface area contributed by atoms with Gasteiger partial charge in [0.05, 0.1) is 0 Å². The van der Waals surface area contributed by atoms with E-state index in [1.807, 2.05) is 13.1 Å². The van der Waals surface area contributed by atoms with Gasteiger partial charge in [-0.2, -0.15) is 0 Å². The van der Waals surface area contributed by atoms with Crippen molar-refractivity contribution in [2.45, 2.75) is 44.8 Å². The number of H-pyrrole nitrogens is 1. The van der Waals surface area contributed by atoms with Crippen LogP contribution < -0.4 is 5.32 Å². The number of aromatic nitrogens is 1. The molecule has 33 heavy (non-hydrogen) atoms. The van der Waals surface area contributed by atoms with Crippen molar-refractivity contribution in [3.8, 4) is 11.1 Å². The molecule has 4 nitrogen and oxygen atoms in total. The zero-order valence-corrected chi connectivity index (χ0v) is 19.2. The minimum absolute atomic E-state index is 0.120. The summed E-state index contributed by atoms with van der Waals surface area (Å²) in [7, 11) is 1.86. The zero-order valence-electron chi connectivity index (χ0n) is 19.2. The lowest BCUT2D eigenvalue weighted by Crippen LogP contribution is -2.27. The van der Waals surface area contributed by atoms with Crippen molar-refractivity contribution >= 4 is 16.8 Å². The molecule has 4 aromatic rings. The van der Waals surface area contributed by atoms with Crippen LogP contribution in [0, 0.1) is 0 Å². The second kappa shape index (κ2) is 7.89. The summed E-state index contributed by atoms with van der Waals surface area (Å²) >= 11 is 0. The molecule has 2 atom stereocenters. The van der Waals surface area contributed by atoms with Gasteiger partial charge in [0.25, 0.3) is 5.91 Å². The summed E-state index contributed by atoms with van der Waals surface area (Å²) in [5.41, 5.74) is 9.67. The molecule has 2 N–H and O–H groups in total. The summed E-state index contributed by atoms with van der Waals surface area (Å²) in [5.74, 6) is 0.120. The fraction of sp³-hybridized carbons (Fsp3) is 0.276. The first kappa shape index (κ1) is 20.3. The van der Waals surface area contributed by atoms with Crippen molar-refractivity contribution in [2.75, 3.05) is 7.05 Å². The van der Waals surface area contributed by atoms with Crippen molar-refractivity contribution in [1.29, 1.82) is 0 Å². The van der Waals surface area contributed by atoms with Gasteiger partial charge in [-0.05, 0) is 78.3 Å². The van der Waals surface area contributed by atoms with Gasteiger partial charge in [0.15, 0.2) is 0 Å². The number of hydrogen-bond donors (Lipinski definition) is 2. The number of nitrogens with one attached hydrogen (secondary N) is 2. The molecule has 0 saturated heterocycles. The Kier molecular flexibility index (Phi) is 4.84. The largest absolute Gasteiger partial charge is 0.357 e. The minimum Gasteiger partial charge on any atom is -0.357 e. The van der Waals surface area contributed by atoms with E-state index in [4.69, 9.17) is 0 Å². The van der Waals surface area contributed by atoms with Crippen LogP contribution in [-0.4, -0.2) is 22.8 Å². The molecule has 166 valence electrons. The highest BCUT2D eigenvalue weighted by Gasteiger charge is 2.27. The quantitative estimate of drug-likeness (QED) is 0.404. The molecule has 1 amide bonds. The van der Waals surface area contributed by atoms with Crippen molar-refractivity contribution in [1.82, 2.24) is 15.2 Å². The number of rotatable bonds is 4. The Bertz CT molecular complexity index is 1350. The second-order valence-electron chi connectivity index (χ2n) is 9.55. The molecule has 0 saturated carbocycles. The normalized spacial score (nSPS) is 18.4. The Morgan fingerprint density at radius 1 is 1.03 bits per heavy atom. The molecule has 1 aliphatic heterocycles. The highest BCUT2D eigenvalue weighted by atomic mass is 16.2. The average molecular weight is 436 g/mol. The van der Waals surface area contributed by atoms with Gasteiger partial charge in [-0.1, -0.05) is 42.5 Å². The standard InChI is InChI=1S/C29H29N3O/c1-18(19-7-4-3-5-8-19)30-27-10-6-9-24-25-16-21(12-14-26(25)31-28(24)27)20-11-13-23-22(15-20)17-32(2)29(23)33/h3-5,7-8,11-16,18,27,30-31H,6,9-10,17H2,1-2H3/t18-,27?/m1/s1. The van der Waals surface area contributed by atoms with Crippen LogP contribution >= 0.6 is 0 Å². The van der Waals surface area contributed by atoms with Crippen LogP contribution in [0.2, 0.25) is 0 Å². The summed E-state index contributed by atoms with van der Waals surface area (Å²) in [6, 6.07) is 24.3. The van der Waals surface area contributed by atoms with Crippen LogP contribution in [0.1, 0.15) is 64.6 Å². The van der Waals surface area contributed by atoms with E-state index in [0.717, 1.165) is 24.0 Å². The molecule has 4 heteroatoms. The van der Waals surface area contributed by atoms with Crippen molar-refractivity contribution in [2.24, 2.45) is 0 Å². The van der Waals surface area contributed by atoms with E-state index in [2.05, 4.69) is 77.9 Å². The maximum Gasteiger partial charge on any atom is 0.254 e. The number of benzene rings is 3. The highest BCUT2D eigenvalue weighted by molar-refractivity contribution is 5.99. The van der Waals surface area contributed by atoms with E-state index in [1.54, 1.807) is 4.90 Å². The maximum absolute atomic E-state index is 12.3. The SMILES string of the molecule is C[C@@H](NC1CCCc2c1[nH]c1ccc(-c3ccc4c(c3)CN(C)C4=O)cc21)c1ccccc1. The summed E-state index contributed by atoms with van der Waals surface area (Å²) in [6.45, 7) is 2.94. The molecule has 6 rings (SSSR count). The zero-order chi connectivity index (χ0) is 22.5. The molecule has 0 fully saturated rings. The van der Waals surface area contributed by atoms with E-state index in [9.17, 15) is 4.79 Å². The Morgan fingerprint density at radius 3 is 2.67 bits per heavy atom. The Morgan fingerprint density at radius 2 is 1.82 bits per heavy atom. The lowest BCUT2D eigenvalue weighted by atomic mass is 9.90. The van der Waals surface area contributed by atoms with Gasteiger partial charge in [-0.25, -0.2) is 0 Å². The Labute approximate surface area is 194 Å². The topological polar surface area (TPSA) is 48.1 Å². The Hall–Kier alpha value is -3.37. The van der Waals surface area contributed by atoms with Gasteiger partial charge in [0.2, 0.25) is 0 Å². The average Bonchev–Trinajstić information content (AvgIpc) is 3.36. The molecular formula is C29H29N3O. The first-order valence-corrected chi connectivity index (χ1v) is 11.9. The van der Waals surface area contributed by atoms with Gasteiger partial charge < -0.3 is 15.2 Å². The van der Waals surface area contributed by atoms with Crippen LogP contribution in [0.3, 0.4) is 0 Å². The minimum atomic E-state index is 0.120. The van der Waals surface area contributed by atoms with Crippen LogP contribution in [0.4, 0.5) is 0 Å². The molecule has 0 bridgehead atoms. The maximum atomic E-state index is 12.3. The molecule has 0 spiro atoms. The van der Waals surface area contributed by atoms with E-state index in [1.165, 1.54) is 45.3 Å². The number of amides is 1. The van der Waals surface area contributed by atoms with Crippen LogP contribution in [0.15, 0.2) is 66.7 Å². The number of carbonyl (C=O) groups excluding carboxylic acids is 1. The van der Waals surface area contributed by atoms with Crippen LogP contribution in [-0.2, 0) is 13.0 Å². The van der Waals surface area contributed by atoms with E-state index >= 15 is 0 Å². The van der Waals surface area contributed by atoms with Crippen LogP contribution in [0.25, 0.3) is 22.0 Å². The van der Waals surface area contributed by atoms with E-state index in [-0.39, 0.29) is 5.91 Å². The molecule has 0 radical (unpaired) electrons. The number of hydrogen-bond acceptors (Lipinski definition) is 2. The lowest BCUT2D eigenvalue weighted by molar-refractivity contribution is 0.0816. The summed E-state index contributed by atoms with van der Waals surface area (Å²) in [6.07, 6.45) is 3.45. The molecule has 1 aliphatic carbocycles. The molecular weight excluding hydrogens is 406 g/mol. The summed E-state index contributed by atoms with van der Waals surface area (Å²) in [4.78, 5) is 17.8. The lowest BCUT2D eigenvalue weighted by Gasteiger charge is -2.27. The monoisotopic (exact) mass is 435 g/mol. The fourth-order valence-electron chi connectivity index (χ4n) is 5.59. The van der Waals surface area contributed by atoms with Crippen molar-refractivity contribution in [3.05, 3.63) is 94.7 Å². The number of nitrogens with zero attached hydrogens (tertiary/aromatic N) is 1. The fourth-order valence-corrected chi connectivity index (χ4v) is 5.59. The molecule has 2 heterocycles. The number of aryl methyl sites for hydroxylation is 1. The molecule has 1 unspecified atom stereocenters. The van der Waals surface area contributed by atoms with Gasteiger partial charge in [0.1, 0.15) is 0 Å². The predicted octanol–water partition coefficient (Wildman–Crippen LogP) is 6.15. The summed E-state index contributed by atoms with van der Waals surface area (Å²) < 4.78 is 0. The molecule has 1 aromatic heterocycles. The van der Waals surface area contributed by atoms with Crippen LogP contribution in [0.5, 0.6) is 0 Å². The number of carbonyl (C=O) groups is 1. The van der Waals surface area contributed by atoms with Gasteiger partial charge >= 0.3 is 0 Å². The van der Waals surface area contributed by atoms with E-state index in [0.29, 0.717) is 18.6 Å². The van der Waals surface area contributed by atoms with Gasteiger partial charge in [-0.3, -0.25) is 4.79 Å². The molecule has 3 aromatic carbocycles. The highest BCUT2D eigenvalue weighted by Crippen LogP contribution is 2.38. The number of aromatic amines is 1. The number of fused-ring (bicyclic) bond motifs is 4.